The number of hydrogen-bond acceptors (Lipinski definition) is 6. The summed E-state index contributed by atoms with van der Waals surface area (Å²) in [5, 5.41) is 53.3. The molecule has 9 heteroatoms. The molecule has 0 aromatic heterocycles. The predicted molar refractivity (Wildman–Crippen MR) is 194 cm³/mol. The third-order valence-corrected chi connectivity index (χ3v) is 6.38. The highest BCUT2D eigenvalue weighted by molar-refractivity contribution is 5.88. The van der Waals surface area contributed by atoms with Gasteiger partial charge in [0.05, 0.1) is 34.3 Å². The first-order valence-corrected chi connectivity index (χ1v) is 15.8. The minimum Gasteiger partial charge on any atom is -0.513 e. The monoisotopic (exact) mass is 674 g/mol. The van der Waals surface area contributed by atoms with Crippen LogP contribution in [-0.2, 0) is 0 Å². The zero-order chi connectivity index (χ0) is 37.0. The van der Waals surface area contributed by atoms with Gasteiger partial charge in [-0.15, -0.1) is 0 Å². The van der Waals surface area contributed by atoms with E-state index >= 15 is 0 Å². The van der Waals surface area contributed by atoms with Gasteiger partial charge in [0.1, 0.15) is 0 Å². The lowest BCUT2D eigenvalue weighted by Crippen LogP contribution is -1.94. The van der Waals surface area contributed by atoms with Crippen LogP contribution in [0.15, 0.2) is 138 Å². The van der Waals surface area contributed by atoms with Gasteiger partial charge in [-0.1, -0.05) is 77.9 Å². The zero-order valence-electron chi connectivity index (χ0n) is 28.7. The van der Waals surface area contributed by atoms with Crippen molar-refractivity contribution >= 4 is 17.9 Å². The quantitative estimate of drug-likeness (QED) is 0.0762. The van der Waals surface area contributed by atoms with E-state index in [1.54, 1.807) is 105 Å². The number of carboxylic acids is 3. The molecule has 1 unspecified atom stereocenters. The summed E-state index contributed by atoms with van der Waals surface area (Å²) in [6, 6.07) is 24.9. The Morgan fingerprint density at radius 1 is 0.531 bits per heavy atom. The van der Waals surface area contributed by atoms with Gasteiger partial charge in [0.15, 0.2) is 0 Å². The molecule has 6 N–H and O–H groups in total. The molecule has 0 aliphatic heterocycles. The van der Waals surface area contributed by atoms with Crippen molar-refractivity contribution < 1.29 is 45.0 Å². The Labute approximate surface area is 289 Å². The van der Waals surface area contributed by atoms with E-state index in [1.165, 1.54) is 5.57 Å². The van der Waals surface area contributed by atoms with Crippen LogP contribution in [0.2, 0.25) is 0 Å². The largest absolute Gasteiger partial charge is 0.513 e. The summed E-state index contributed by atoms with van der Waals surface area (Å²) >= 11 is 0. The Morgan fingerprint density at radius 2 is 0.878 bits per heavy atom. The number of hydrogen-bond donors (Lipinski definition) is 6. The summed E-state index contributed by atoms with van der Waals surface area (Å²) in [6.45, 7) is 7.49. The Bertz CT molecular complexity index is 1370. The molecule has 264 valence electrons. The molecule has 0 heterocycles. The van der Waals surface area contributed by atoms with Gasteiger partial charge in [0.25, 0.3) is 0 Å². The molecule has 0 radical (unpaired) electrons. The lowest BCUT2D eigenvalue weighted by atomic mass is 10.1. The van der Waals surface area contributed by atoms with Crippen molar-refractivity contribution in [1.29, 1.82) is 0 Å². The number of carboxylic acid groups (broad SMARTS) is 3. The third-order valence-electron chi connectivity index (χ3n) is 6.38. The van der Waals surface area contributed by atoms with Crippen LogP contribution in [0.5, 0.6) is 0 Å². The second kappa shape index (κ2) is 26.6. The Balaban J connectivity index is 0.000000697. The number of rotatable bonds is 13. The Kier molecular flexibility index (Phi) is 23.7. The molecule has 3 rings (SSSR count). The molecule has 9 nitrogen and oxygen atoms in total. The lowest BCUT2D eigenvalue weighted by molar-refractivity contribution is 0.0686. The van der Waals surface area contributed by atoms with Crippen molar-refractivity contribution in [3.8, 4) is 0 Å². The maximum absolute atomic E-state index is 10.2. The zero-order valence-corrected chi connectivity index (χ0v) is 28.7. The fourth-order valence-corrected chi connectivity index (χ4v) is 3.88. The molecule has 1 atom stereocenters. The van der Waals surface area contributed by atoms with Crippen LogP contribution in [0.3, 0.4) is 0 Å². The second-order valence-corrected chi connectivity index (χ2v) is 11.0. The van der Waals surface area contributed by atoms with E-state index in [0.29, 0.717) is 34.6 Å². The van der Waals surface area contributed by atoms with Crippen molar-refractivity contribution in [3.63, 3.8) is 0 Å². The average molecular weight is 675 g/mol. The molecule has 3 aromatic carbocycles. The molecule has 0 fully saturated rings. The molecule has 0 aliphatic rings. The third kappa shape index (κ3) is 25.4. The standard InChI is InChI=1S/C19H32O3.3C7H6O2/c1-15(8-5-11-17(3)20)9-6-12-19(22)13-7-10-16(2)14-18(4)21;3*8-7(9)6-4-2-1-3-5-6/h9,11,13-14,18,20-22H,5-8,10,12H2,1-4H3;3*1-5H,(H,8,9). The molecule has 0 bridgehead atoms. The van der Waals surface area contributed by atoms with Gasteiger partial charge >= 0.3 is 17.9 Å². The summed E-state index contributed by atoms with van der Waals surface area (Å²) < 4.78 is 0. The average Bonchev–Trinajstić information content (AvgIpc) is 3.06. The smallest absolute Gasteiger partial charge is 0.335 e. The first kappa shape index (κ1) is 43.6. The summed E-state index contributed by atoms with van der Waals surface area (Å²) in [4.78, 5) is 30.6. The van der Waals surface area contributed by atoms with Crippen molar-refractivity contribution in [2.24, 2.45) is 0 Å². The summed E-state index contributed by atoms with van der Waals surface area (Å²) in [5.74, 6) is -1.84. The normalized spacial score (nSPS) is 12.1. The van der Waals surface area contributed by atoms with Crippen LogP contribution in [-0.4, -0.2) is 54.7 Å². The van der Waals surface area contributed by atoms with Crippen LogP contribution in [0.25, 0.3) is 0 Å². The van der Waals surface area contributed by atoms with E-state index in [2.05, 4.69) is 13.0 Å². The van der Waals surface area contributed by atoms with Crippen molar-refractivity contribution in [2.45, 2.75) is 72.3 Å². The van der Waals surface area contributed by atoms with Gasteiger partial charge in [-0.3, -0.25) is 0 Å². The van der Waals surface area contributed by atoms with E-state index in [-0.39, 0.29) is 0 Å². The highest BCUT2D eigenvalue weighted by Crippen LogP contribution is 2.12. The van der Waals surface area contributed by atoms with E-state index in [0.717, 1.165) is 37.7 Å². The van der Waals surface area contributed by atoms with Gasteiger partial charge in [-0.05, 0) is 108 Å². The van der Waals surface area contributed by atoms with Gasteiger partial charge in [-0.25, -0.2) is 14.4 Å². The van der Waals surface area contributed by atoms with Gasteiger partial charge in [0, 0.05) is 6.42 Å². The number of benzene rings is 3. The van der Waals surface area contributed by atoms with Crippen LogP contribution < -0.4 is 0 Å². The Morgan fingerprint density at radius 3 is 1.20 bits per heavy atom. The summed E-state index contributed by atoms with van der Waals surface area (Å²) in [6.07, 6.45) is 12.2. The van der Waals surface area contributed by atoms with Crippen molar-refractivity contribution in [2.75, 3.05) is 0 Å². The van der Waals surface area contributed by atoms with Gasteiger partial charge in [-0.2, -0.15) is 0 Å². The maximum atomic E-state index is 10.2. The van der Waals surface area contributed by atoms with Crippen LogP contribution in [0, 0.1) is 0 Å². The van der Waals surface area contributed by atoms with E-state index < -0.39 is 24.0 Å². The van der Waals surface area contributed by atoms with Gasteiger partial charge < -0.3 is 30.6 Å². The minimum atomic E-state index is -0.879. The molecular weight excluding hydrogens is 624 g/mol. The van der Waals surface area contributed by atoms with Crippen molar-refractivity contribution in [3.05, 3.63) is 155 Å². The fraction of sp³-hybridized carbons (Fsp3) is 0.275. The van der Waals surface area contributed by atoms with Crippen molar-refractivity contribution in [1.82, 2.24) is 0 Å². The molecule has 0 saturated heterocycles. The fourth-order valence-electron chi connectivity index (χ4n) is 3.88. The predicted octanol–water partition coefficient (Wildman–Crippen LogP) is 9.66. The van der Waals surface area contributed by atoms with Crippen LogP contribution in [0.1, 0.15) is 97.3 Å². The van der Waals surface area contributed by atoms with E-state index in [9.17, 15) is 24.6 Å². The highest BCUT2D eigenvalue weighted by Gasteiger charge is 1.99. The van der Waals surface area contributed by atoms with Crippen LogP contribution >= 0.6 is 0 Å². The molecule has 49 heavy (non-hydrogen) atoms. The first-order chi connectivity index (χ1) is 23.2. The molecule has 0 saturated carbocycles. The number of aromatic carboxylic acids is 3. The Hall–Kier alpha value is -5.41. The maximum Gasteiger partial charge on any atom is 0.335 e. The number of carbonyl (C=O) groups is 3. The molecule has 0 spiro atoms. The van der Waals surface area contributed by atoms with Crippen LogP contribution in [0.4, 0.5) is 0 Å². The second-order valence-electron chi connectivity index (χ2n) is 11.0. The summed E-state index contributed by atoms with van der Waals surface area (Å²) in [5.41, 5.74) is 3.41. The van der Waals surface area contributed by atoms with E-state index in [4.69, 9.17) is 20.4 Å². The SMILES string of the molecule is CC(O)=CCCC(C)=CCCC(O)=CCCC(C)=CC(C)O.O=C(O)c1ccccc1.O=C(O)c1ccccc1.O=C(O)c1ccccc1. The number of allylic oxidation sites excluding steroid dienone is 7. The number of aliphatic hydroxyl groups is 3. The highest BCUT2D eigenvalue weighted by atomic mass is 16.4. The first-order valence-electron chi connectivity index (χ1n) is 15.8. The van der Waals surface area contributed by atoms with E-state index in [1.807, 2.05) is 25.2 Å². The molecule has 0 aliphatic carbocycles. The lowest BCUT2D eigenvalue weighted by Gasteiger charge is -2.02. The summed E-state index contributed by atoms with van der Waals surface area (Å²) in [7, 11) is 0. The molecular formula is C40H50O9. The molecule has 3 aromatic rings. The minimum absolute atomic E-state index is 0.331. The number of aliphatic hydroxyl groups excluding tert-OH is 3. The van der Waals surface area contributed by atoms with Gasteiger partial charge in [0.2, 0.25) is 0 Å². The molecule has 0 amide bonds. The topological polar surface area (TPSA) is 173 Å².